The largest absolute Gasteiger partial charge is 0.476 e. The van der Waals surface area contributed by atoms with Crippen LogP contribution >= 0.6 is 11.3 Å². The van der Waals surface area contributed by atoms with Crippen molar-refractivity contribution in [2.75, 3.05) is 0 Å². The second-order valence-corrected chi connectivity index (χ2v) is 6.55. The Morgan fingerprint density at radius 3 is 2.89 bits per heavy atom. The second-order valence-electron chi connectivity index (χ2n) is 3.73. The van der Waals surface area contributed by atoms with Crippen molar-refractivity contribution in [1.29, 1.82) is 0 Å². The van der Waals surface area contributed by atoms with Gasteiger partial charge in [0.15, 0.2) is 9.90 Å². The van der Waals surface area contributed by atoms with Gasteiger partial charge in [-0.25, -0.2) is 22.9 Å². The Morgan fingerprint density at radius 2 is 2.32 bits per heavy atom. The van der Waals surface area contributed by atoms with Gasteiger partial charge in [0, 0.05) is 18.9 Å². The summed E-state index contributed by atoms with van der Waals surface area (Å²) < 4.78 is 27.9. The molecule has 0 saturated carbocycles. The SMILES string of the molecule is Cn1cccc1CNS(=O)(=O)c1scnc1C(=O)O. The van der Waals surface area contributed by atoms with Crippen LogP contribution in [0.25, 0.3) is 0 Å². The normalized spacial score (nSPS) is 11.6. The smallest absolute Gasteiger partial charge is 0.356 e. The van der Waals surface area contributed by atoms with Crippen LogP contribution in [0.3, 0.4) is 0 Å². The van der Waals surface area contributed by atoms with Crippen LogP contribution in [0, 0.1) is 0 Å². The molecule has 0 atom stereocenters. The zero-order chi connectivity index (χ0) is 14.0. The van der Waals surface area contributed by atoms with E-state index >= 15 is 0 Å². The fourth-order valence-corrected chi connectivity index (χ4v) is 3.66. The molecule has 9 heteroatoms. The summed E-state index contributed by atoms with van der Waals surface area (Å²) in [4.78, 5) is 14.4. The summed E-state index contributed by atoms with van der Waals surface area (Å²) in [6.07, 6.45) is 1.79. The Morgan fingerprint density at radius 1 is 1.58 bits per heavy atom. The number of aromatic carboxylic acids is 1. The molecule has 102 valence electrons. The van der Waals surface area contributed by atoms with E-state index in [1.54, 1.807) is 29.9 Å². The van der Waals surface area contributed by atoms with E-state index < -0.39 is 21.7 Å². The summed E-state index contributed by atoms with van der Waals surface area (Å²) in [5.41, 5.74) is 1.51. The van der Waals surface area contributed by atoms with Crippen LogP contribution in [-0.4, -0.2) is 29.0 Å². The molecular formula is C10H11N3O4S2. The van der Waals surface area contributed by atoms with Gasteiger partial charge in [0.2, 0.25) is 0 Å². The van der Waals surface area contributed by atoms with Crippen LogP contribution in [0.15, 0.2) is 28.0 Å². The second kappa shape index (κ2) is 5.11. The van der Waals surface area contributed by atoms with Crippen molar-refractivity contribution in [1.82, 2.24) is 14.3 Å². The molecule has 2 aromatic heterocycles. The van der Waals surface area contributed by atoms with Crippen molar-refractivity contribution >= 4 is 27.3 Å². The predicted octanol–water partition coefficient (Wildman–Crippen LogP) is 0.658. The minimum atomic E-state index is -3.87. The highest BCUT2D eigenvalue weighted by Crippen LogP contribution is 2.20. The average Bonchev–Trinajstić information content (AvgIpc) is 2.95. The maximum atomic E-state index is 12.0. The summed E-state index contributed by atoms with van der Waals surface area (Å²) in [5, 5.41) is 8.86. The molecule has 0 aliphatic heterocycles. The van der Waals surface area contributed by atoms with E-state index in [0.717, 1.165) is 17.0 Å². The Hall–Kier alpha value is -1.71. The minimum absolute atomic E-state index is 0.0861. The van der Waals surface area contributed by atoms with Crippen LogP contribution in [0.4, 0.5) is 0 Å². The molecule has 0 amide bonds. The molecule has 0 aromatic carbocycles. The topological polar surface area (TPSA) is 101 Å². The highest BCUT2D eigenvalue weighted by molar-refractivity contribution is 7.91. The predicted molar refractivity (Wildman–Crippen MR) is 68.5 cm³/mol. The van der Waals surface area contributed by atoms with E-state index in [9.17, 15) is 13.2 Å². The molecule has 0 unspecified atom stereocenters. The van der Waals surface area contributed by atoms with E-state index in [1.165, 1.54) is 5.51 Å². The van der Waals surface area contributed by atoms with E-state index in [2.05, 4.69) is 9.71 Å². The van der Waals surface area contributed by atoms with Crippen molar-refractivity contribution in [3.05, 3.63) is 35.2 Å². The van der Waals surface area contributed by atoms with Crippen molar-refractivity contribution in [3.8, 4) is 0 Å². The molecule has 2 rings (SSSR count). The molecule has 2 heterocycles. The molecule has 0 bridgehead atoms. The fourth-order valence-electron chi connectivity index (χ4n) is 1.48. The lowest BCUT2D eigenvalue weighted by Crippen LogP contribution is -2.25. The molecule has 0 aliphatic rings. The number of aryl methyl sites for hydroxylation is 1. The molecule has 7 nitrogen and oxygen atoms in total. The summed E-state index contributed by atoms with van der Waals surface area (Å²) in [7, 11) is -2.08. The van der Waals surface area contributed by atoms with E-state index in [4.69, 9.17) is 5.11 Å². The molecule has 0 aliphatic carbocycles. The van der Waals surface area contributed by atoms with E-state index in [1.807, 2.05) is 0 Å². The highest BCUT2D eigenvalue weighted by atomic mass is 32.2. The summed E-state index contributed by atoms with van der Waals surface area (Å²) in [6.45, 7) is 0.0861. The van der Waals surface area contributed by atoms with Gasteiger partial charge in [0.05, 0.1) is 12.1 Å². The lowest BCUT2D eigenvalue weighted by Gasteiger charge is -2.06. The third kappa shape index (κ3) is 2.83. The molecule has 19 heavy (non-hydrogen) atoms. The fraction of sp³-hybridized carbons (Fsp3) is 0.200. The number of sulfonamides is 1. The van der Waals surface area contributed by atoms with Gasteiger partial charge in [-0.2, -0.15) is 0 Å². The molecule has 0 fully saturated rings. The number of carboxylic acids is 1. The zero-order valence-corrected chi connectivity index (χ0v) is 11.5. The van der Waals surface area contributed by atoms with Crippen LogP contribution in [-0.2, 0) is 23.6 Å². The summed E-state index contributed by atoms with van der Waals surface area (Å²) >= 11 is 0.777. The first-order chi connectivity index (χ1) is 8.92. The molecule has 0 spiro atoms. The van der Waals surface area contributed by atoms with Gasteiger partial charge in [-0.15, -0.1) is 11.3 Å². The van der Waals surface area contributed by atoms with Crippen LogP contribution in [0.2, 0.25) is 0 Å². The maximum Gasteiger partial charge on any atom is 0.356 e. The van der Waals surface area contributed by atoms with Gasteiger partial charge in [0.1, 0.15) is 0 Å². The van der Waals surface area contributed by atoms with E-state index in [-0.39, 0.29) is 10.8 Å². The number of hydrogen-bond acceptors (Lipinski definition) is 5. The zero-order valence-electron chi connectivity index (χ0n) is 9.90. The highest BCUT2D eigenvalue weighted by Gasteiger charge is 2.25. The number of carbonyl (C=O) groups is 1. The average molecular weight is 301 g/mol. The number of rotatable bonds is 5. The Labute approximate surface area is 113 Å². The van der Waals surface area contributed by atoms with Crippen LogP contribution in [0.1, 0.15) is 16.2 Å². The maximum absolute atomic E-state index is 12.0. The third-order valence-electron chi connectivity index (χ3n) is 2.48. The molecule has 2 N–H and O–H groups in total. The van der Waals surface area contributed by atoms with E-state index in [0.29, 0.717) is 0 Å². The lowest BCUT2D eigenvalue weighted by molar-refractivity contribution is 0.0687. The van der Waals surface area contributed by atoms with Gasteiger partial charge >= 0.3 is 5.97 Å². The quantitative estimate of drug-likeness (QED) is 0.844. The summed E-state index contributed by atoms with van der Waals surface area (Å²) in [5.74, 6) is -1.36. The van der Waals surface area contributed by atoms with Gasteiger partial charge in [-0.05, 0) is 12.1 Å². The third-order valence-corrected chi connectivity index (χ3v) is 5.25. The number of thiazole rings is 1. The molecular weight excluding hydrogens is 290 g/mol. The lowest BCUT2D eigenvalue weighted by atomic mass is 10.4. The number of aromatic nitrogens is 2. The van der Waals surface area contributed by atoms with Crippen molar-refractivity contribution in [2.45, 2.75) is 10.8 Å². The number of hydrogen-bond donors (Lipinski definition) is 2. The standard InChI is InChI=1S/C10H11N3O4S2/c1-13-4-2-3-7(13)5-12-19(16,17)10-8(9(14)15)11-6-18-10/h2-4,6,12H,5H2,1H3,(H,14,15). The van der Waals surface area contributed by atoms with Crippen molar-refractivity contribution < 1.29 is 18.3 Å². The first-order valence-electron chi connectivity index (χ1n) is 5.18. The number of nitrogens with zero attached hydrogens (tertiary/aromatic N) is 2. The van der Waals surface area contributed by atoms with Gasteiger partial charge in [0.25, 0.3) is 10.0 Å². The minimum Gasteiger partial charge on any atom is -0.476 e. The first kappa shape index (κ1) is 13.7. The number of nitrogens with one attached hydrogen (secondary N) is 1. The summed E-state index contributed by atoms with van der Waals surface area (Å²) in [6, 6.07) is 3.56. The molecule has 2 aromatic rings. The van der Waals surface area contributed by atoms with Crippen molar-refractivity contribution in [3.63, 3.8) is 0 Å². The van der Waals surface area contributed by atoms with Crippen LogP contribution in [0.5, 0.6) is 0 Å². The van der Waals surface area contributed by atoms with Gasteiger partial charge in [-0.3, -0.25) is 0 Å². The van der Waals surface area contributed by atoms with Gasteiger partial charge in [-0.1, -0.05) is 0 Å². The molecule has 0 saturated heterocycles. The Balaban J connectivity index is 2.21. The van der Waals surface area contributed by atoms with Crippen molar-refractivity contribution in [2.24, 2.45) is 7.05 Å². The van der Waals surface area contributed by atoms with Gasteiger partial charge < -0.3 is 9.67 Å². The number of carboxylic acid groups (broad SMARTS) is 1. The molecule has 0 radical (unpaired) electrons. The monoisotopic (exact) mass is 301 g/mol. The Kier molecular flexibility index (Phi) is 3.69. The van der Waals surface area contributed by atoms with Crippen LogP contribution < -0.4 is 4.72 Å². The first-order valence-corrected chi connectivity index (χ1v) is 7.55. The Bertz CT molecular complexity index is 702.